The Morgan fingerprint density at radius 1 is 1.44 bits per heavy atom. The molecule has 0 unspecified atom stereocenters. The molecule has 0 aliphatic carbocycles. The van der Waals surface area contributed by atoms with Gasteiger partial charge in [0.05, 0.1) is 24.7 Å². The Bertz CT molecular complexity index is 409. The fourth-order valence-electron chi connectivity index (χ4n) is 2.26. The van der Waals surface area contributed by atoms with Crippen molar-refractivity contribution in [3.05, 3.63) is 35.9 Å². The maximum atomic E-state index is 11.9. The molecule has 0 bridgehead atoms. The molecule has 4 heteroatoms. The number of nitrogens with two attached hydrogens (primary N) is 1. The molecule has 1 amide bonds. The smallest absolute Gasteiger partial charge is 0.239 e. The van der Waals surface area contributed by atoms with Gasteiger partial charge in [-0.05, 0) is 25.3 Å². The van der Waals surface area contributed by atoms with Crippen molar-refractivity contribution in [1.82, 2.24) is 4.90 Å². The average Bonchev–Trinajstić information content (AvgIpc) is 2.33. The van der Waals surface area contributed by atoms with Gasteiger partial charge in [-0.1, -0.05) is 30.3 Å². The Balaban J connectivity index is 1.78. The van der Waals surface area contributed by atoms with E-state index in [4.69, 9.17) is 5.73 Å². The Labute approximate surface area is 107 Å². The van der Waals surface area contributed by atoms with E-state index in [1.807, 2.05) is 30.3 Å². The number of likely N-dealkylation sites (tertiary alicyclic amines) is 1. The number of β-amino-alcohol motifs (C(OH)–C–C–N with tert-alkyl or cyclic N) is 1. The zero-order valence-corrected chi connectivity index (χ0v) is 10.7. The summed E-state index contributed by atoms with van der Waals surface area (Å²) in [5.74, 6) is -0.0579. The fourth-order valence-corrected chi connectivity index (χ4v) is 2.26. The predicted molar refractivity (Wildman–Crippen MR) is 69.9 cm³/mol. The minimum atomic E-state index is -0.727. The third-order valence-electron chi connectivity index (χ3n) is 3.28. The second-order valence-electron chi connectivity index (χ2n) is 5.32. The summed E-state index contributed by atoms with van der Waals surface area (Å²) in [5.41, 5.74) is 6.35. The van der Waals surface area contributed by atoms with E-state index in [1.165, 1.54) is 5.56 Å². The molecule has 98 valence electrons. The second-order valence-corrected chi connectivity index (χ2v) is 5.32. The van der Waals surface area contributed by atoms with Crippen LogP contribution in [0, 0.1) is 0 Å². The molecule has 4 nitrogen and oxygen atoms in total. The fraction of sp³-hybridized carbons (Fsp3) is 0.500. The van der Waals surface area contributed by atoms with Crippen molar-refractivity contribution in [2.45, 2.75) is 31.4 Å². The highest BCUT2D eigenvalue weighted by Crippen LogP contribution is 2.20. The molecule has 0 spiro atoms. The van der Waals surface area contributed by atoms with Gasteiger partial charge in [-0.3, -0.25) is 4.79 Å². The SMILES string of the molecule is CC1(O)CN(C(=O)[C@@H](N)CCc2ccccc2)C1. The first kappa shape index (κ1) is 13.1. The quantitative estimate of drug-likeness (QED) is 0.817. The number of nitrogens with zero attached hydrogens (tertiary/aromatic N) is 1. The number of hydrogen-bond donors (Lipinski definition) is 2. The van der Waals surface area contributed by atoms with Crippen molar-refractivity contribution in [3.8, 4) is 0 Å². The summed E-state index contributed by atoms with van der Waals surface area (Å²) in [6, 6.07) is 9.53. The number of amides is 1. The molecule has 18 heavy (non-hydrogen) atoms. The van der Waals surface area contributed by atoms with E-state index < -0.39 is 11.6 Å². The largest absolute Gasteiger partial charge is 0.386 e. The van der Waals surface area contributed by atoms with Crippen molar-refractivity contribution >= 4 is 5.91 Å². The second kappa shape index (κ2) is 5.08. The highest BCUT2D eigenvalue weighted by Gasteiger charge is 2.40. The summed E-state index contributed by atoms with van der Waals surface area (Å²) in [6.07, 6.45) is 1.44. The van der Waals surface area contributed by atoms with E-state index in [2.05, 4.69) is 0 Å². The van der Waals surface area contributed by atoms with Crippen LogP contribution in [0.3, 0.4) is 0 Å². The molecule has 1 aromatic carbocycles. The van der Waals surface area contributed by atoms with E-state index in [-0.39, 0.29) is 5.91 Å². The van der Waals surface area contributed by atoms with Crippen LogP contribution < -0.4 is 5.73 Å². The molecular weight excluding hydrogens is 228 g/mol. The molecule has 1 heterocycles. The number of aliphatic hydroxyl groups is 1. The van der Waals surface area contributed by atoms with Crippen molar-refractivity contribution in [2.75, 3.05) is 13.1 Å². The van der Waals surface area contributed by atoms with Gasteiger partial charge in [-0.15, -0.1) is 0 Å². The maximum Gasteiger partial charge on any atom is 0.239 e. The maximum absolute atomic E-state index is 11.9. The minimum Gasteiger partial charge on any atom is -0.386 e. The topological polar surface area (TPSA) is 66.6 Å². The Hall–Kier alpha value is -1.39. The lowest BCUT2D eigenvalue weighted by atomic mass is 9.95. The first-order valence-electron chi connectivity index (χ1n) is 6.29. The number of hydrogen-bond acceptors (Lipinski definition) is 3. The van der Waals surface area contributed by atoms with E-state index in [0.717, 1.165) is 6.42 Å². The molecule has 0 aromatic heterocycles. The van der Waals surface area contributed by atoms with Crippen LogP contribution in [0.15, 0.2) is 30.3 Å². The van der Waals surface area contributed by atoms with Gasteiger partial charge in [0.15, 0.2) is 0 Å². The van der Waals surface area contributed by atoms with Crippen molar-refractivity contribution in [2.24, 2.45) is 5.73 Å². The van der Waals surface area contributed by atoms with Crippen LogP contribution in [0.5, 0.6) is 0 Å². The first-order chi connectivity index (χ1) is 8.48. The molecule has 1 saturated heterocycles. The van der Waals surface area contributed by atoms with Crippen LogP contribution in [-0.4, -0.2) is 40.6 Å². The molecule has 1 fully saturated rings. The number of benzene rings is 1. The number of carbonyl (C=O) groups excluding carboxylic acids is 1. The first-order valence-corrected chi connectivity index (χ1v) is 6.29. The highest BCUT2D eigenvalue weighted by atomic mass is 16.3. The molecule has 1 aromatic rings. The van der Waals surface area contributed by atoms with Gasteiger partial charge >= 0.3 is 0 Å². The third-order valence-corrected chi connectivity index (χ3v) is 3.28. The van der Waals surface area contributed by atoms with Gasteiger partial charge in [-0.2, -0.15) is 0 Å². The highest BCUT2D eigenvalue weighted by molar-refractivity contribution is 5.82. The van der Waals surface area contributed by atoms with Gasteiger partial charge in [0.2, 0.25) is 5.91 Å². The van der Waals surface area contributed by atoms with E-state index in [9.17, 15) is 9.90 Å². The molecular formula is C14H20N2O2. The van der Waals surface area contributed by atoms with Crippen molar-refractivity contribution in [1.29, 1.82) is 0 Å². The van der Waals surface area contributed by atoms with Crippen LogP contribution in [0.4, 0.5) is 0 Å². The van der Waals surface area contributed by atoms with Gasteiger partial charge in [0.25, 0.3) is 0 Å². The molecule has 0 radical (unpaired) electrons. The Morgan fingerprint density at radius 3 is 2.61 bits per heavy atom. The van der Waals surface area contributed by atoms with Crippen LogP contribution in [0.25, 0.3) is 0 Å². The summed E-state index contributed by atoms with van der Waals surface area (Å²) in [5, 5.41) is 9.59. The number of rotatable bonds is 4. The zero-order valence-electron chi connectivity index (χ0n) is 10.7. The predicted octanol–water partition coefficient (Wildman–Crippen LogP) is 0.540. The summed E-state index contributed by atoms with van der Waals surface area (Å²) in [4.78, 5) is 13.5. The lowest BCUT2D eigenvalue weighted by molar-refractivity contribution is -0.153. The molecule has 1 aliphatic rings. The van der Waals surface area contributed by atoms with Crippen molar-refractivity contribution < 1.29 is 9.90 Å². The van der Waals surface area contributed by atoms with E-state index in [1.54, 1.807) is 11.8 Å². The Kier molecular flexibility index (Phi) is 3.68. The number of carbonyl (C=O) groups is 1. The monoisotopic (exact) mass is 248 g/mol. The number of aryl methyl sites for hydroxylation is 1. The minimum absolute atomic E-state index is 0.0579. The summed E-state index contributed by atoms with van der Waals surface area (Å²) in [7, 11) is 0. The van der Waals surface area contributed by atoms with Gasteiger partial charge in [0.1, 0.15) is 0 Å². The Morgan fingerprint density at radius 2 is 2.06 bits per heavy atom. The van der Waals surface area contributed by atoms with E-state index >= 15 is 0 Å². The van der Waals surface area contributed by atoms with Crippen LogP contribution in [0.2, 0.25) is 0 Å². The molecule has 3 N–H and O–H groups in total. The molecule has 0 saturated carbocycles. The summed E-state index contributed by atoms with van der Waals surface area (Å²) >= 11 is 0. The van der Waals surface area contributed by atoms with E-state index in [0.29, 0.717) is 19.5 Å². The van der Waals surface area contributed by atoms with Crippen LogP contribution in [0.1, 0.15) is 18.9 Å². The van der Waals surface area contributed by atoms with Crippen molar-refractivity contribution in [3.63, 3.8) is 0 Å². The summed E-state index contributed by atoms with van der Waals surface area (Å²) in [6.45, 7) is 2.52. The van der Waals surface area contributed by atoms with Gasteiger partial charge < -0.3 is 15.7 Å². The third kappa shape index (κ3) is 3.09. The lowest BCUT2D eigenvalue weighted by Crippen LogP contribution is -2.64. The average molecular weight is 248 g/mol. The summed E-state index contributed by atoms with van der Waals surface area (Å²) < 4.78 is 0. The normalized spacial score (nSPS) is 19.2. The van der Waals surface area contributed by atoms with Gasteiger partial charge in [0, 0.05) is 0 Å². The lowest BCUT2D eigenvalue weighted by Gasteiger charge is -2.45. The zero-order chi connectivity index (χ0) is 13.2. The molecule has 1 atom stereocenters. The molecule has 1 aliphatic heterocycles. The molecule has 2 rings (SSSR count). The van der Waals surface area contributed by atoms with Gasteiger partial charge in [-0.25, -0.2) is 0 Å². The van der Waals surface area contributed by atoms with Crippen LogP contribution in [-0.2, 0) is 11.2 Å². The van der Waals surface area contributed by atoms with Crippen LogP contribution >= 0.6 is 0 Å². The standard InChI is InChI=1S/C14H20N2O2/c1-14(18)9-16(10-14)13(17)12(15)8-7-11-5-3-2-4-6-11/h2-6,12,18H,7-10,15H2,1H3/t12-/m0/s1.